The molecule has 0 aromatic rings. The van der Waals surface area contributed by atoms with Crippen molar-refractivity contribution in [2.45, 2.75) is 97.3 Å². The Morgan fingerprint density at radius 1 is 1.10 bits per heavy atom. The Labute approximate surface area is 126 Å². The molecule has 0 spiro atoms. The molecular formula is C18H36N2. The quantitative estimate of drug-likeness (QED) is 0.817. The number of nitrogens with zero attached hydrogens (tertiary/aromatic N) is 1. The minimum Gasteiger partial charge on any atom is -0.313 e. The maximum absolute atomic E-state index is 3.79. The predicted molar refractivity (Wildman–Crippen MR) is 88.0 cm³/mol. The highest BCUT2D eigenvalue weighted by Gasteiger charge is 2.41. The number of hydrogen-bond acceptors (Lipinski definition) is 2. The Morgan fingerprint density at radius 2 is 1.85 bits per heavy atom. The van der Waals surface area contributed by atoms with Gasteiger partial charge in [-0.05, 0) is 63.8 Å². The van der Waals surface area contributed by atoms with Gasteiger partial charge in [0.25, 0.3) is 0 Å². The Morgan fingerprint density at radius 3 is 2.45 bits per heavy atom. The van der Waals surface area contributed by atoms with Crippen LogP contribution in [-0.2, 0) is 0 Å². The van der Waals surface area contributed by atoms with Gasteiger partial charge in [-0.3, -0.25) is 4.90 Å². The van der Waals surface area contributed by atoms with Crippen molar-refractivity contribution in [1.29, 1.82) is 0 Å². The summed E-state index contributed by atoms with van der Waals surface area (Å²) in [5.74, 6) is 1.78. The third-order valence-electron chi connectivity index (χ3n) is 5.97. The summed E-state index contributed by atoms with van der Waals surface area (Å²) in [6.07, 6.45) is 8.35. The van der Waals surface area contributed by atoms with Gasteiger partial charge in [-0.2, -0.15) is 0 Å². The normalized spacial score (nSPS) is 39.6. The Balaban J connectivity index is 2.13. The Hall–Kier alpha value is -0.0800. The van der Waals surface area contributed by atoms with Crippen LogP contribution in [0.1, 0.15) is 73.1 Å². The second-order valence-electron chi connectivity index (χ2n) is 7.48. The molecule has 2 heteroatoms. The van der Waals surface area contributed by atoms with E-state index in [1.807, 2.05) is 0 Å². The molecule has 0 radical (unpaired) electrons. The summed E-state index contributed by atoms with van der Waals surface area (Å²) in [4.78, 5) is 2.90. The molecule has 0 amide bonds. The molecule has 2 rings (SSSR count). The second-order valence-corrected chi connectivity index (χ2v) is 7.48. The molecule has 0 aromatic heterocycles. The van der Waals surface area contributed by atoms with E-state index in [1.165, 1.54) is 38.5 Å². The summed E-state index contributed by atoms with van der Waals surface area (Å²) in [6.45, 7) is 13.0. The van der Waals surface area contributed by atoms with Crippen molar-refractivity contribution in [2.24, 2.45) is 11.8 Å². The van der Waals surface area contributed by atoms with Crippen molar-refractivity contribution in [2.75, 3.05) is 6.54 Å². The topological polar surface area (TPSA) is 15.3 Å². The molecule has 0 aromatic carbocycles. The van der Waals surface area contributed by atoms with Crippen molar-refractivity contribution in [3.63, 3.8) is 0 Å². The number of rotatable bonds is 5. The molecule has 1 aliphatic heterocycles. The molecule has 1 aliphatic carbocycles. The van der Waals surface area contributed by atoms with Crippen molar-refractivity contribution in [3.8, 4) is 0 Å². The number of nitrogens with one attached hydrogen (secondary N) is 1. The van der Waals surface area contributed by atoms with Gasteiger partial charge in [-0.15, -0.1) is 0 Å². The minimum atomic E-state index is 0.726. The van der Waals surface area contributed by atoms with Crippen molar-refractivity contribution >= 4 is 0 Å². The van der Waals surface area contributed by atoms with Crippen molar-refractivity contribution in [1.82, 2.24) is 10.2 Å². The number of likely N-dealkylation sites (tertiary alicyclic amines) is 1. The molecule has 1 N–H and O–H groups in total. The zero-order valence-corrected chi connectivity index (χ0v) is 14.4. The van der Waals surface area contributed by atoms with Gasteiger partial charge in [-0.25, -0.2) is 0 Å². The Kier molecular flexibility index (Phi) is 5.92. The largest absolute Gasteiger partial charge is 0.313 e. The van der Waals surface area contributed by atoms with Crippen LogP contribution < -0.4 is 5.32 Å². The molecule has 2 aliphatic rings. The molecule has 2 nitrogen and oxygen atoms in total. The van der Waals surface area contributed by atoms with Crippen LogP contribution in [0.2, 0.25) is 0 Å². The van der Waals surface area contributed by atoms with Crippen LogP contribution in [0.15, 0.2) is 0 Å². The van der Waals surface area contributed by atoms with E-state index in [-0.39, 0.29) is 0 Å². The molecule has 2 fully saturated rings. The highest BCUT2D eigenvalue weighted by molar-refractivity contribution is 4.98. The number of likely N-dealkylation sites (N-methyl/N-ethyl adjacent to an activating group) is 1. The fourth-order valence-corrected chi connectivity index (χ4v) is 4.72. The fourth-order valence-electron chi connectivity index (χ4n) is 4.72. The fraction of sp³-hybridized carbons (Fsp3) is 1.00. The molecule has 5 atom stereocenters. The maximum atomic E-state index is 3.79. The lowest BCUT2D eigenvalue weighted by molar-refractivity contribution is 0.0492. The molecular weight excluding hydrogens is 244 g/mol. The highest BCUT2D eigenvalue weighted by Crippen LogP contribution is 2.38. The third kappa shape index (κ3) is 3.39. The van der Waals surface area contributed by atoms with Crippen LogP contribution in [0.5, 0.6) is 0 Å². The van der Waals surface area contributed by atoms with Gasteiger partial charge >= 0.3 is 0 Å². The van der Waals surface area contributed by atoms with Crippen LogP contribution in [-0.4, -0.2) is 35.6 Å². The average molecular weight is 280 g/mol. The first kappa shape index (κ1) is 16.3. The average Bonchev–Trinajstić information content (AvgIpc) is 2.80. The molecule has 1 heterocycles. The highest BCUT2D eigenvalue weighted by atomic mass is 15.3. The molecule has 0 bridgehead atoms. The summed E-state index contributed by atoms with van der Waals surface area (Å²) in [6, 6.07) is 3.13. The van der Waals surface area contributed by atoms with Gasteiger partial charge in [0.1, 0.15) is 0 Å². The van der Waals surface area contributed by atoms with Crippen molar-refractivity contribution < 1.29 is 0 Å². The lowest BCUT2D eigenvalue weighted by Crippen LogP contribution is -2.56. The second kappa shape index (κ2) is 7.26. The van der Waals surface area contributed by atoms with Crippen LogP contribution in [0, 0.1) is 11.8 Å². The van der Waals surface area contributed by atoms with Crippen LogP contribution >= 0.6 is 0 Å². The summed E-state index contributed by atoms with van der Waals surface area (Å²) in [7, 11) is 0. The first-order chi connectivity index (χ1) is 9.58. The van der Waals surface area contributed by atoms with E-state index < -0.39 is 0 Å². The van der Waals surface area contributed by atoms with E-state index in [0.717, 1.165) is 42.5 Å². The molecule has 1 saturated carbocycles. The Bertz CT molecular complexity index is 289. The predicted octanol–water partition coefficient (Wildman–Crippen LogP) is 4.05. The standard InChI is InChI=1S/C18H36N2/c1-6-16-10-8-14(5)20(16)18-12-15(13(3)4)9-11-17(18)19-7-2/h13-19H,6-12H2,1-5H3. The SMILES string of the molecule is CCNC1CCC(C(C)C)CC1N1C(C)CCC1CC. The van der Waals surface area contributed by atoms with Crippen LogP contribution in [0.25, 0.3) is 0 Å². The first-order valence-electron chi connectivity index (χ1n) is 9.09. The lowest BCUT2D eigenvalue weighted by Gasteiger charge is -2.46. The van der Waals surface area contributed by atoms with E-state index >= 15 is 0 Å². The molecule has 20 heavy (non-hydrogen) atoms. The third-order valence-corrected chi connectivity index (χ3v) is 5.97. The molecule has 118 valence electrons. The smallest absolute Gasteiger partial charge is 0.0257 e. The first-order valence-corrected chi connectivity index (χ1v) is 9.09. The minimum absolute atomic E-state index is 0.726. The lowest BCUT2D eigenvalue weighted by atomic mass is 9.76. The van der Waals surface area contributed by atoms with Gasteiger partial charge in [0.2, 0.25) is 0 Å². The van der Waals surface area contributed by atoms with Gasteiger partial charge in [0, 0.05) is 24.2 Å². The number of hydrogen-bond donors (Lipinski definition) is 1. The van der Waals surface area contributed by atoms with E-state index in [0.29, 0.717) is 0 Å². The zero-order valence-electron chi connectivity index (χ0n) is 14.4. The summed E-state index contributed by atoms with van der Waals surface area (Å²) >= 11 is 0. The van der Waals surface area contributed by atoms with Crippen molar-refractivity contribution in [3.05, 3.63) is 0 Å². The summed E-state index contributed by atoms with van der Waals surface area (Å²) < 4.78 is 0. The van der Waals surface area contributed by atoms with Crippen LogP contribution in [0.4, 0.5) is 0 Å². The zero-order chi connectivity index (χ0) is 14.7. The van der Waals surface area contributed by atoms with E-state index in [4.69, 9.17) is 0 Å². The van der Waals surface area contributed by atoms with E-state index in [1.54, 1.807) is 0 Å². The van der Waals surface area contributed by atoms with E-state index in [2.05, 4.69) is 44.8 Å². The van der Waals surface area contributed by atoms with E-state index in [9.17, 15) is 0 Å². The maximum Gasteiger partial charge on any atom is 0.0257 e. The molecule has 1 saturated heterocycles. The van der Waals surface area contributed by atoms with Gasteiger partial charge in [0.05, 0.1) is 0 Å². The summed E-state index contributed by atoms with van der Waals surface area (Å²) in [5, 5.41) is 3.79. The van der Waals surface area contributed by atoms with Crippen LogP contribution in [0.3, 0.4) is 0 Å². The van der Waals surface area contributed by atoms with Gasteiger partial charge in [0.15, 0.2) is 0 Å². The molecule has 5 unspecified atom stereocenters. The summed E-state index contributed by atoms with van der Waals surface area (Å²) in [5.41, 5.74) is 0. The monoisotopic (exact) mass is 280 g/mol. The van der Waals surface area contributed by atoms with Gasteiger partial charge < -0.3 is 5.32 Å². The van der Waals surface area contributed by atoms with Gasteiger partial charge in [-0.1, -0.05) is 27.7 Å².